The van der Waals surface area contributed by atoms with Crippen molar-refractivity contribution in [3.63, 3.8) is 0 Å². The molecule has 0 radical (unpaired) electrons. The number of ether oxygens (including phenoxy) is 1. The summed E-state index contributed by atoms with van der Waals surface area (Å²) in [5, 5.41) is 18.1. The van der Waals surface area contributed by atoms with Gasteiger partial charge in [0.05, 0.1) is 11.1 Å². The average Bonchev–Trinajstić information content (AvgIpc) is 2.47. The molecular formula is C16H12O5. The van der Waals surface area contributed by atoms with E-state index in [1.807, 2.05) is 12.2 Å². The molecule has 21 heavy (non-hydrogen) atoms. The van der Waals surface area contributed by atoms with E-state index >= 15 is 0 Å². The lowest BCUT2D eigenvalue weighted by Gasteiger charge is -2.27. The highest BCUT2D eigenvalue weighted by Gasteiger charge is 2.27. The molecular weight excluding hydrogens is 272 g/mol. The maximum atomic E-state index is 11.1. The van der Waals surface area contributed by atoms with Gasteiger partial charge in [0.25, 0.3) is 0 Å². The fourth-order valence-electron chi connectivity index (χ4n) is 1.93. The highest BCUT2D eigenvalue weighted by atomic mass is 16.5. The maximum Gasteiger partial charge on any atom is 0.335 e. The van der Waals surface area contributed by atoms with E-state index in [0.717, 1.165) is 6.07 Å². The molecule has 0 aliphatic heterocycles. The van der Waals surface area contributed by atoms with Gasteiger partial charge >= 0.3 is 11.9 Å². The number of hydrogen-bond donors (Lipinski definition) is 2. The summed E-state index contributed by atoms with van der Waals surface area (Å²) in [6, 6.07) is 3.57. The molecule has 106 valence electrons. The Kier molecular flexibility index (Phi) is 3.81. The van der Waals surface area contributed by atoms with Crippen LogP contribution < -0.4 is 4.74 Å². The van der Waals surface area contributed by atoms with Crippen LogP contribution in [0.25, 0.3) is 0 Å². The number of carboxylic acids is 2. The van der Waals surface area contributed by atoms with Crippen molar-refractivity contribution in [2.24, 2.45) is 0 Å². The van der Waals surface area contributed by atoms with Gasteiger partial charge in [-0.15, -0.1) is 6.42 Å². The van der Waals surface area contributed by atoms with E-state index in [-0.39, 0.29) is 16.9 Å². The number of rotatable bonds is 4. The van der Waals surface area contributed by atoms with Crippen LogP contribution in [0.5, 0.6) is 5.75 Å². The number of hydrogen-bond acceptors (Lipinski definition) is 3. The predicted molar refractivity (Wildman–Crippen MR) is 75.4 cm³/mol. The van der Waals surface area contributed by atoms with E-state index in [9.17, 15) is 9.59 Å². The SMILES string of the molecule is C#CC1(Oc2cc(C(=O)O)cc(C(=O)O)c2)C=CC=CC1. The molecule has 5 nitrogen and oxygen atoms in total. The van der Waals surface area contributed by atoms with Crippen LogP contribution in [0.3, 0.4) is 0 Å². The molecule has 1 unspecified atom stereocenters. The molecule has 1 atom stereocenters. The molecule has 2 N–H and O–H groups in total. The topological polar surface area (TPSA) is 83.8 Å². The van der Waals surface area contributed by atoms with Crippen LogP contribution in [0.2, 0.25) is 0 Å². The molecule has 1 aliphatic rings. The van der Waals surface area contributed by atoms with Crippen molar-refractivity contribution >= 4 is 11.9 Å². The smallest absolute Gasteiger partial charge is 0.335 e. The van der Waals surface area contributed by atoms with E-state index in [1.54, 1.807) is 12.2 Å². The van der Waals surface area contributed by atoms with Crippen LogP contribution in [0.1, 0.15) is 27.1 Å². The second kappa shape index (κ2) is 5.55. The van der Waals surface area contributed by atoms with Crippen LogP contribution in [0.15, 0.2) is 42.5 Å². The minimum atomic E-state index is -1.24. The summed E-state index contributed by atoms with van der Waals surface area (Å²) in [7, 11) is 0. The Balaban J connectivity index is 2.42. The minimum Gasteiger partial charge on any atom is -0.478 e. The van der Waals surface area contributed by atoms with E-state index in [1.165, 1.54) is 12.1 Å². The first kappa shape index (κ1) is 14.4. The third-order valence-corrected chi connectivity index (χ3v) is 2.98. The first-order valence-electron chi connectivity index (χ1n) is 6.08. The number of aromatic carboxylic acids is 2. The first-order valence-corrected chi connectivity index (χ1v) is 6.08. The summed E-state index contributed by atoms with van der Waals surface area (Å²) < 4.78 is 5.67. The van der Waals surface area contributed by atoms with E-state index in [4.69, 9.17) is 21.4 Å². The number of carbonyl (C=O) groups is 2. The monoisotopic (exact) mass is 284 g/mol. The molecule has 0 fully saturated rings. The lowest BCUT2D eigenvalue weighted by atomic mass is 9.96. The molecule has 0 saturated carbocycles. The van der Waals surface area contributed by atoms with Crippen molar-refractivity contribution in [3.8, 4) is 18.1 Å². The molecule has 0 bridgehead atoms. The largest absolute Gasteiger partial charge is 0.478 e. The van der Waals surface area contributed by atoms with Crippen molar-refractivity contribution in [3.05, 3.63) is 53.6 Å². The zero-order valence-corrected chi connectivity index (χ0v) is 10.9. The first-order chi connectivity index (χ1) is 9.96. The lowest BCUT2D eigenvalue weighted by molar-refractivity contribution is 0.0695. The standard InChI is InChI=1S/C16H12O5/c1-2-16(6-4-3-5-7-16)21-13-9-11(14(17)18)8-12(10-13)15(19)20/h1,3-6,8-10H,7H2,(H,17,18)(H,19,20). The second-order valence-electron chi connectivity index (χ2n) is 4.48. The highest BCUT2D eigenvalue weighted by Crippen LogP contribution is 2.27. The number of carboxylic acid groups (broad SMARTS) is 2. The highest BCUT2D eigenvalue weighted by molar-refractivity contribution is 5.94. The van der Waals surface area contributed by atoms with Gasteiger partial charge in [0.2, 0.25) is 0 Å². The molecule has 0 spiro atoms. The van der Waals surface area contributed by atoms with Crippen molar-refractivity contribution in [2.75, 3.05) is 0 Å². The Morgan fingerprint density at radius 3 is 2.19 bits per heavy atom. The minimum absolute atomic E-state index is 0.102. The van der Waals surface area contributed by atoms with Crippen molar-refractivity contribution in [1.29, 1.82) is 0 Å². The van der Waals surface area contributed by atoms with Crippen LogP contribution in [0, 0.1) is 12.3 Å². The van der Waals surface area contributed by atoms with Gasteiger partial charge in [-0.3, -0.25) is 0 Å². The Labute approximate surface area is 121 Å². The quantitative estimate of drug-likeness (QED) is 0.829. The maximum absolute atomic E-state index is 11.1. The molecule has 0 aromatic heterocycles. The molecule has 2 rings (SSSR count). The Bertz CT molecular complexity index is 661. The normalized spacial score (nSPS) is 19.8. The number of terminal acetylenes is 1. The summed E-state index contributed by atoms with van der Waals surface area (Å²) in [5.74, 6) is 0.132. The second-order valence-corrected chi connectivity index (χ2v) is 4.48. The lowest BCUT2D eigenvalue weighted by Crippen LogP contribution is -2.32. The van der Waals surface area contributed by atoms with Gasteiger partial charge in [-0.1, -0.05) is 24.1 Å². The zero-order chi connectivity index (χ0) is 15.5. The van der Waals surface area contributed by atoms with Gasteiger partial charge in [0.15, 0.2) is 5.60 Å². The van der Waals surface area contributed by atoms with Crippen molar-refractivity contribution < 1.29 is 24.5 Å². The Hall–Kier alpha value is -3.00. The number of benzene rings is 1. The van der Waals surface area contributed by atoms with Crippen LogP contribution in [-0.2, 0) is 0 Å². The molecule has 0 saturated heterocycles. The molecule has 1 aromatic rings. The van der Waals surface area contributed by atoms with Gasteiger partial charge in [-0.2, -0.15) is 0 Å². The fourth-order valence-corrected chi connectivity index (χ4v) is 1.93. The zero-order valence-electron chi connectivity index (χ0n) is 10.9. The van der Waals surface area contributed by atoms with Gasteiger partial charge in [-0.05, 0) is 24.3 Å². The van der Waals surface area contributed by atoms with E-state index < -0.39 is 17.5 Å². The fraction of sp³-hybridized carbons (Fsp3) is 0.125. The van der Waals surface area contributed by atoms with E-state index in [2.05, 4.69) is 5.92 Å². The summed E-state index contributed by atoms with van der Waals surface area (Å²) in [6.07, 6.45) is 12.9. The van der Waals surface area contributed by atoms with Crippen LogP contribution >= 0.6 is 0 Å². The van der Waals surface area contributed by atoms with Gasteiger partial charge < -0.3 is 14.9 Å². The molecule has 5 heteroatoms. The summed E-state index contributed by atoms with van der Waals surface area (Å²) >= 11 is 0. The van der Waals surface area contributed by atoms with Gasteiger partial charge in [0.1, 0.15) is 5.75 Å². The van der Waals surface area contributed by atoms with Crippen LogP contribution in [-0.4, -0.2) is 27.8 Å². The summed E-state index contributed by atoms with van der Waals surface area (Å²) in [6.45, 7) is 0. The summed E-state index contributed by atoms with van der Waals surface area (Å²) in [4.78, 5) is 22.1. The third kappa shape index (κ3) is 3.12. The van der Waals surface area contributed by atoms with Gasteiger partial charge in [-0.25, -0.2) is 9.59 Å². The predicted octanol–water partition coefficient (Wildman–Crippen LogP) is 2.35. The van der Waals surface area contributed by atoms with E-state index in [0.29, 0.717) is 6.42 Å². The Morgan fingerprint density at radius 2 is 1.76 bits per heavy atom. The average molecular weight is 284 g/mol. The third-order valence-electron chi connectivity index (χ3n) is 2.98. The Morgan fingerprint density at radius 1 is 1.14 bits per heavy atom. The van der Waals surface area contributed by atoms with Crippen LogP contribution in [0.4, 0.5) is 0 Å². The molecule has 1 aromatic carbocycles. The molecule has 1 aliphatic carbocycles. The van der Waals surface area contributed by atoms with Gasteiger partial charge in [0, 0.05) is 6.42 Å². The van der Waals surface area contributed by atoms with Crippen molar-refractivity contribution in [1.82, 2.24) is 0 Å². The molecule has 0 heterocycles. The number of allylic oxidation sites excluding steroid dienone is 2. The molecule has 0 amide bonds. The van der Waals surface area contributed by atoms with Crippen molar-refractivity contribution in [2.45, 2.75) is 12.0 Å². The summed E-state index contributed by atoms with van der Waals surface area (Å²) in [5.41, 5.74) is -1.39.